The van der Waals surface area contributed by atoms with Crippen LogP contribution in [0.25, 0.3) is 22.6 Å². The van der Waals surface area contributed by atoms with Gasteiger partial charge in [0.2, 0.25) is 5.91 Å². The zero-order chi connectivity index (χ0) is 21.9. The Labute approximate surface area is 185 Å². The molecule has 2 aromatic heterocycles. The Balaban J connectivity index is 1.34. The first-order valence-electron chi connectivity index (χ1n) is 10.6. The van der Waals surface area contributed by atoms with Crippen LogP contribution in [0.3, 0.4) is 0 Å². The van der Waals surface area contributed by atoms with Gasteiger partial charge in [0.1, 0.15) is 11.7 Å². The molecule has 9 heteroatoms. The number of carbonyl (C=O) groups excluding carboxylic acids is 1. The molecule has 2 aromatic carbocycles. The van der Waals surface area contributed by atoms with E-state index in [9.17, 15) is 4.79 Å². The summed E-state index contributed by atoms with van der Waals surface area (Å²) >= 11 is 0. The number of anilines is 1. The van der Waals surface area contributed by atoms with Crippen LogP contribution in [0.2, 0.25) is 0 Å². The van der Waals surface area contributed by atoms with E-state index in [2.05, 4.69) is 42.5 Å². The maximum absolute atomic E-state index is 12.7. The lowest BCUT2D eigenvalue weighted by molar-refractivity contribution is -0.117. The van der Waals surface area contributed by atoms with Crippen LogP contribution in [0.1, 0.15) is 17.2 Å². The first kappa shape index (κ1) is 20.4. The average molecular weight is 432 g/mol. The molecule has 0 bridgehead atoms. The van der Waals surface area contributed by atoms with Crippen LogP contribution < -0.4 is 11.1 Å². The van der Waals surface area contributed by atoms with Crippen molar-refractivity contribution >= 4 is 22.6 Å². The molecular formula is C23H25N7O2. The Morgan fingerprint density at radius 2 is 2.00 bits per heavy atom. The summed E-state index contributed by atoms with van der Waals surface area (Å²) in [7, 11) is 0. The van der Waals surface area contributed by atoms with Gasteiger partial charge in [-0.15, -0.1) is 0 Å². The quantitative estimate of drug-likeness (QED) is 0.372. The van der Waals surface area contributed by atoms with Gasteiger partial charge in [0.05, 0.1) is 36.1 Å². The number of ether oxygens (including phenoxy) is 1. The lowest BCUT2D eigenvalue weighted by atomic mass is 10.1. The number of rotatable bonds is 6. The zero-order valence-electron chi connectivity index (χ0n) is 17.5. The van der Waals surface area contributed by atoms with Gasteiger partial charge in [0.25, 0.3) is 0 Å². The number of amides is 1. The molecule has 164 valence electrons. The van der Waals surface area contributed by atoms with E-state index in [1.165, 1.54) is 5.56 Å². The fourth-order valence-corrected chi connectivity index (χ4v) is 3.87. The number of hydrogen-bond donors (Lipinski definition) is 4. The smallest absolute Gasteiger partial charge is 0.245 e. The number of nitrogens with zero attached hydrogens (tertiary/aromatic N) is 3. The number of hydrogen-bond acceptors (Lipinski definition) is 6. The van der Waals surface area contributed by atoms with Crippen LogP contribution in [-0.2, 0) is 16.1 Å². The van der Waals surface area contributed by atoms with Crippen molar-refractivity contribution in [1.82, 2.24) is 25.1 Å². The maximum Gasteiger partial charge on any atom is 0.245 e. The van der Waals surface area contributed by atoms with Crippen molar-refractivity contribution in [3.05, 3.63) is 65.9 Å². The zero-order valence-corrected chi connectivity index (χ0v) is 17.5. The largest absolute Gasteiger partial charge is 0.379 e. The van der Waals surface area contributed by atoms with Crippen molar-refractivity contribution in [3.8, 4) is 11.5 Å². The lowest BCUT2D eigenvalue weighted by Crippen LogP contribution is -2.35. The number of aromatic nitrogens is 4. The van der Waals surface area contributed by atoms with E-state index in [1.54, 1.807) is 6.20 Å². The Hall–Kier alpha value is -3.53. The third-order valence-electron chi connectivity index (χ3n) is 5.63. The molecule has 5 N–H and O–H groups in total. The first-order valence-corrected chi connectivity index (χ1v) is 10.6. The van der Waals surface area contributed by atoms with E-state index < -0.39 is 6.04 Å². The molecule has 1 atom stereocenters. The predicted octanol–water partition coefficient (Wildman–Crippen LogP) is 2.42. The summed E-state index contributed by atoms with van der Waals surface area (Å²) in [6, 6.07) is 14.7. The van der Waals surface area contributed by atoms with Gasteiger partial charge in [-0.3, -0.25) is 14.8 Å². The summed E-state index contributed by atoms with van der Waals surface area (Å²) < 4.78 is 5.43. The molecule has 1 fully saturated rings. The van der Waals surface area contributed by atoms with Gasteiger partial charge in [-0.25, -0.2) is 4.98 Å². The summed E-state index contributed by atoms with van der Waals surface area (Å²) in [6.07, 6.45) is 1.56. The highest BCUT2D eigenvalue weighted by atomic mass is 16.5. The number of nitrogens with two attached hydrogens (primary N) is 1. The third kappa shape index (κ3) is 4.26. The predicted molar refractivity (Wildman–Crippen MR) is 122 cm³/mol. The number of H-pyrrole nitrogens is 2. The van der Waals surface area contributed by atoms with Gasteiger partial charge < -0.3 is 20.8 Å². The summed E-state index contributed by atoms with van der Waals surface area (Å²) in [6.45, 7) is 4.30. The van der Waals surface area contributed by atoms with Crippen LogP contribution in [0.4, 0.5) is 5.69 Å². The van der Waals surface area contributed by atoms with Gasteiger partial charge in [0, 0.05) is 19.6 Å². The Kier molecular flexibility index (Phi) is 5.68. The second kappa shape index (κ2) is 8.91. The second-order valence-corrected chi connectivity index (χ2v) is 7.86. The molecule has 1 unspecified atom stereocenters. The molecule has 0 spiro atoms. The van der Waals surface area contributed by atoms with Crippen LogP contribution >= 0.6 is 0 Å². The van der Waals surface area contributed by atoms with Crippen LogP contribution in [0.5, 0.6) is 0 Å². The van der Waals surface area contributed by atoms with Crippen LogP contribution in [-0.4, -0.2) is 57.3 Å². The fourth-order valence-electron chi connectivity index (χ4n) is 3.87. The molecular weight excluding hydrogens is 406 g/mol. The first-order chi connectivity index (χ1) is 15.7. The van der Waals surface area contributed by atoms with Gasteiger partial charge >= 0.3 is 0 Å². The monoisotopic (exact) mass is 431 g/mol. The average Bonchev–Trinajstić information content (AvgIpc) is 3.46. The molecule has 5 rings (SSSR count). The molecule has 4 aromatic rings. The topological polar surface area (TPSA) is 125 Å². The number of imidazole rings is 1. The van der Waals surface area contributed by atoms with Crippen molar-refractivity contribution < 1.29 is 9.53 Å². The number of fused-ring (bicyclic) bond motifs is 1. The minimum absolute atomic E-state index is 0.317. The van der Waals surface area contributed by atoms with Gasteiger partial charge in [0.15, 0.2) is 5.82 Å². The van der Waals surface area contributed by atoms with Crippen LogP contribution in [0.15, 0.2) is 54.7 Å². The van der Waals surface area contributed by atoms with Crippen molar-refractivity contribution in [1.29, 1.82) is 0 Å². The molecule has 1 aliphatic heterocycles. The van der Waals surface area contributed by atoms with E-state index in [4.69, 9.17) is 10.5 Å². The summed E-state index contributed by atoms with van der Waals surface area (Å²) in [5, 5.41) is 9.88. The number of benzene rings is 2. The molecule has 0 aliphatic carbocycles. The molecule has 0 radical (unpaired) electrons. The standard InChI is InChI=1S/C23H25N7O2/c24-20(16-4-2-1-3-5-16)23(31)28-19-13-25-29-21(19)22-26-17-7-6-15(12-18(17)27-22)14-30-8-10-32-11-9-30/h1-7,12-13,20H,8-11,14,24H2,(H,25,29)(H,26,27)(H,28,31). The highest BCUT2D eigenvalue weighted by Crippen LogP contribution is 2.27. The number of morpholine rings is 1. The molecule has 1 saturated heterocycles. The van der Waals surface area contributed by atoms with E-state index in [-0.39, 0.29) is 5.91 Å². The van der Waals surface area contributed by atoms with Gasteiger partial charge in [-0.05, 0) is 23.3 Å². The molecule has 9 nitrogen and oxygen atoms in total. The SMILES string of the molecule is NC(C(=O)Nc1cn[nH]c1-c1nc2ccc(CN3CCOCC3)cc2[nH]1)c1ccccc1. The molecule has 1 aliphatic rings. The van der Waals surface area contributed by atoms with Crippen molar-refractivity contribution in [3.63, 3.8) is 0 Å². The summed E-state index contributed by atoms with van der Waals surface area (Å²) in [5.74, 6) is 0.285. The molecule has 0 saturated carbocycles. The molecule has 1 amide bonds. The third-order valence-corrected chi connectivity index (χ3v) is 5.63. The van der Waals surface area contributed by atoms with Crippen LogP contribution in [0, 0.1) is 0 Å². The second-order valence-electron chi connectivity index (χ2n) is 7.86. The highest BCUT2D eigenvalue weighted by molar-refractivity contribution is 5.98. The summed E-state index contributed by atoms with van der Waals surface area (Å²) in [4.78, 5) is 23.1. The number of carbonyl (C=O) groups is 1. The maximum atomic E-state index is 12.7. The minimum Gasteiger partial charge on any atom is -0.379 e. The summed E-state index contributed by atoms with van der Waals surface area (Å²) in [5.41, 5.74) is 11.0. The fraction of sp³-hybridized carbons (Fsp3) is 0.261. The Morgan fingerprint density at radius 3 is 2.81 bits per heavy atom. The van der Waals surface area contributed by atoms with E-state index in [0.29, 0.717) is 17.2 Å². The highest BCUT2D eigenvalue weighted by Gasteiger charge is 2.20. The van der Waals surface area contributed by atoms with Gasteiger partial charge in [-0.2, -0.15) is 5.10 Å². The molecule has 3 heterocycles. The Morgan fingerprint density at radius 1 is 1.19 bits per heavy atom. The van der Waals surface area contributed by atoms with Gasteiger partial charge in [-0.1, -0.05) is 36.4 Å². The number of aromatic amines is 2. The van der Waals surface area contributed by atoms with E-state index in [0.717, 1.165) is 49.4 Å². The minimum atomic E-state index is -0.780. The van der Waals surface area contributed by atoms with Crippen molar-refractivity contribution in [2.45, 2.75) is 12.6 Å². The van der Waals surface area contributed by atoms with E-state index in [1.807, 2.05) is 36.4 Å². The number of nitrogens with one attached hydrogen (secondary N) is 3. The van der Waals surface area contributed by atoms with Crippen molar-refractivity contribution in [2.24, 2.45) is 5.73 Å². The normalized spacial score (nSPS) is 15.7. The molecule has 32 heavy (non-hydrogen) atoms. The Bertz CT molecular complexity index is 1210. The lowest BCUT2D eigenvalue weighted by Gasteiger charge is -2.26. The van der Waals surface area contributed by atoms with Crippen molar-refractivity contribution in [2.75, 3.05) is 31.6 Å². The van der Waals surface area contributed by atoms with E-state index >= 15 is 0 Å².